The molecule has 8 heteroatoms. The van der Waals surface area contributed by atoms with Gasteiger partial charge in [0.2, 0.25) is 0 Å². The van der Waals surface area contributed by atoms with Crippen molar-refractivity contribution < 1.29 is 18.7 Å². The molecule has 6 nitrogen and oxygen atoms in total. The van der Waals surface area contributed by atoms with Gasteiger partial charge in [0, 0.05) is 31.5 Å². The summed E-state index contributed by atoms with van der Waals surface area (Å²) in [5.41, 5.74) is 1.08. The maximum Gasteiger partial charge on any atom is 0.319 e. The van der Waals surface area contributed by atoms with Crippen LogP contribution >= 0.6 is 11.6 Å². The highest BCUT2D eigenvalue weighted by Crippen LogP contribution is 2.21. The molecule has 0 unspecified atom stereocenters. The van der Waals surface area contributed by atoms with E-state index in [1.54, 1.807) is 24.3 Å². The first-order chi connectivity index (χ1) is 12.5. The minimum Gasteiger partial charge on any atom is -0.383 e. The van der Waals surface area contributed by atoms with E-state index in [9.17, 15) is 14.0 Å². The third-order valence-electron chi connectivity index (χ3n) is 3.46. The lowest BCUT2D eigenvalue weighted by molar-refractivity contribution is 0.0937. The zero-order valence-corrected chi connectivity index (χ0v) is 14.9. The normalized spacial score (nSPS) is 10.3. The number of carbonyl (C=O) groups excluding carboxylic acids is 2. The number of carbonyl (C=O) groups is 2. The third kappa shape index (κ3) is 5.72. The Morgan fingerprint density at radius 1 is 1.15 bits per heavy atom. The Hall–Kier alpha value is -2.64. The van der Waals surface area contributed by atoms with Crippen molar-refractivity contribution in [3.63, 3.8) is 0 Å². The molecule has 0 radical (unpaired) electrons. The van der Waals surface area contributed by atoms with E-state index in [0.717, 1.165) is 0 Å². The standard InChI is InChI=1S/C18H19ClFN3O3/c1-26-9-8-21-17(24)14-7-6-13(10-15(14)19)23-18(25)22-11-12-4-2-3-5-16(12)20/h2-7,10H,8-9,11H2,1H3,(H,21,24)(H2,22,23,25). The van der Waals surface area contributed by atoms with E-state index in [1.165, 1.54) is 25.3 Å². The van der Waals surface area contributed by atoms with Gasteiger partial charge < -0.3 is 20.7 Å². The van der Waals surface area contributed by atoms with Crippen molar-refractivity contribution in [2.75, 3.05) is 25.6 Å². The number of hydrogen-bond donors (Lipinski definition) is 3. The number of methoxy groups -OCH3 is 1. The van der Waals surface area contributed by atoms with Crippen LogP contribution in [0.3, 0.4) is 0 Å². The largest absolute Gasteiger partial charge is 0.383 e. The summed E-state index contributed by atoms with van der Waals surface area (Å²) in [4.78, 5) is 23.9. The molecule has 0 aliphatic carbocycles. The average molecular weight is 380 g/mol. The van der Waals surface area contributed by atoms with Crippen molar-refractivity contribution in [1.82, 2.24) is 10.6 Å². The minimum atomic E-state index is -0.512. The van der Waals surface area contributed by atoms with E-state index in [0.29, 0.717) is 30.0 Å². The first-order valence-corrected chi connectivity index (χ1v) is 8.24. The number of benzene rings is 2. The second kappa shape index (κ2) is 9.74. The summed E-state index contributed by atoms with van der Waals surface area (Å²) in [6.45, 7) is 0.807. The van der Waals surface area contributed by atoms with Crippen LogP contribution in [0, 0.1) is 5.82 Å². The van der Waals surface area contributed by atoms with Gasteiger partial charge in [-0.3, -0.25) is 4.79 Å². The molecule has 0 heterocycles. The summed E-state index contributed by atoms with van der Waals surface area (Å²) >= 11 is 6.10. The maximum absolute atomic E-state index is 13.5. The Morgan fingerprint density at radius 3 is 2.62 bits per heavy atom. The van der Waals surface area contributed by atoms with Gasteiger partial charge in [0.25, 0.3) is 5.91 Å². The first kappa shape index (κ1) is 19.7. The summed E-state index contributed by atoms with van der Waals surface area (Å²) in [5, 5.41) is 8.00. The van der Waals surface area contributed by atoms with E-state index in [1.807, 2.05) is 0 Å². The molecule has 0 fully saturated rings. The maximum atomic E-state index is 13.5. The van der Waals surface area contributed by atoms with Crippen LogP contribution in [0.25, 0.3) is 0 Å². The summed E-state index contributed by atoms with van der Waals surface area (Å²) in [5.74, 6) is -0.720. The van der Waals surface area contributed by atoms with Crippen LogP contribution < -0.4 is 16.0 Å². The van der Waals surface area contributed by atoms with Gasteiger partial charge in [0.15, 0.2) is 0 Å². The molecule has 2 aromatic rings. The Bertz CT molecular complexity index is 786. The van der Waals surface area contributed by atoms with Gasteiger partial charge >= 0.3 is 6.03 Å². The molecule has 0 atom stereocenters. The molecule has 138 valence electrons. The van der Waals surface area contributed by atoms with Gasteiger partial charge in [-0.25, -0.2) is 9.18 Å². The lowest BCUT2D eigenvalue weighted by Gasteiger charge is -2.10. The predicted molar refractivity (Wildman–Crippen MR) is 97.9 cm³/mol. The first-order valence-electron chi connectivity index (χ1n) is 7.86. The molecule has 2 rings (SSSR count). The Balaban J connectivity index is 1.91. The molecule has 3 N–H and O–H groups in total. The number of amides is 3. The molecular weight excluding hydrogens is 361 g/mol. The number of halogens is 2. The zero-order valence-electron chi connectivity index (χ0n) is 14.1. The molecule has 0 saturated heterocycles. The number of urea groups is 1. The smallest absolute Gasteiger partial charge is 0.319 e. The average Bonchev–Trinajstić information content (AvgIpc) is 2.61. The van der Waals surface area contributed by atoms with Crippen LogP contribution in [-0.2, 0) is 11.3 Å². The monoisotopic (exact) mass is 379 g/mol. The molecule has 0 aromatic heterocycles. The van der Waals surface area contributed by atoms with E-state index < -0.39 is 6.03 Å². The van der Waals surface area contributed by atoms with Crippen molar-refractivity contribution in [2.24, 2.45) is 0 Å². The van der Waals surface area contributed by atoms with E-state index >= 15 is 0 Å². The summed E-state index contributed by atoms with van der Waals surface area (Å²) in [7, 11) is 1.54. The van der Waals surface area contributed by atoms with E-state index in [-0.39, 0.29) is 23.3 Å². The van der Waals surface area contributed by atoms with Crippen molar-refractivity contribution in [3.8, 4) is 0 Å². The highest BCUT2D eigenvalue weighted by Gasteiger charge is 2.11. The second-order valence-corrected chi connectivity index (χ2v) is 5.75. The molecule has 0 spiro atoms. The van der Waals surface area contributed by atoms with Crippen molar-refractivity contribution in [1.29, 1.82) is 0 Å². The lowest BCUT2D eigenvalue weighted by atomic mass is 10.2. The predicted octanol–water partition coefficient (Wildman–Crippen LogP) is 3.18. The van der Waals surface area contributed by atoms with E-state index in [4.69, 9.17) is 16.3 Å². The van der Waals surface area contributed by atoms with E-state index in [2.05, 4.69) is 16.0 Å². The summed E-state index contributed by atoms with van der Waals surface area (Å²) < 4.78 is 18.4. The fourth-order valence-corrected chi connectivity index (χ4v) is 2.40. The highest BCUT2D eigenvalue weighted by molar-refractivity contribution is 6.34. The quantitative estimate of drug-likeness (QED) is 0.646. The van der Waals surface area contributed by atoms with Crippen molar-refractivity contribution >= 4 is 29.2 Å². The van der Waals surface area contributed by atoms with Gasteiger partial charge in [-0.05, 0) is 24.3 Å². The lowest BCUT2D eigenvalue weighted by Crippen LogP contribution is -2.29. The van der Waals surface area contributed by atoms with Crippen LogP contribution in [0.2, 0.25) is 5.02 Å². The van der Waals surface area contributed by atoms with Gasteiger partial charge in [0.05, 0.1) is 17.2 Å². The highest BCUT2D eigenvalue weighted by atomic mass is 35.5. The molecule has 0 aliphatic heterocycles. The van der Waals surface area contributed by atoms with Crippen LogP contribution in [0.5, 0.6) is 0 Å². The fourth-order valence-electron chi connectivity index (χ4n) is 2.13. The number of rotatable bonds is 7. The van der Waals surface area contributed by atoms with Crippen molar-refractivity contribution in [2.45, 2.75) is 6.54 Å². The summed E-state index contributed by atoms with van der Waals surface area (Å²) in [6, 6.07) is 10.2. The molecule has 0 saturated carbocycles. The summed E-state index contributed by atoms with van der Waals surface area (Å²) in [6.07, 6.45) is 0. The van der Waals surface area contributed by atoms with Gasteiger partial charge in [0.1, 0.15) is 5.82 Å². The zero-order chi connectivity index (χ0) is 18.9. The van der Waals surface area contributed by atoms with Crippen molar-refractivity contribution in [3.05, 3.63) is 64.4 Å². The molecule has 0 bridgehead atoms. The van der Waals surface area contributed by atoms with Gasteiger partial charge in [-0.1, -0.05) is 29.8 Å². The van der Waals surface area contributed by atoms with Gasteiger partial charge in [-0.15, -0.1) is 0 Å². The Morgan fingerprint density at radius 2 is 1.92 bits per heavy atom. The minimum absolute atomic E-state index is 0.0478. The number of hydrogen-bond acceptors (Lipinski definition) is 3. The third-order valence-corrected chi connectivity index (χ3v) is 3.77. The van der Waals surface area contributed by atoms with Gasteiger partial charge in [-0.2, -0.15) is 0 Å². The fraction of sp³-hybridized carbons (Fsp3) is 0.222. The van der Waals surface area contributed by atoms with Crippen LogP contribution in [-0.4, -0.2) is 32.2 Å². The molecule has 3 amide bonds. The topological polar surface area (TPSA) is 79.5 Å². The Labute approximate surface area is 155 Å². The van der Waals surface area contributed by atoms with Crippen LogP contribution in [0.15, 0.2) is 42.5 Å². The van der Waals surface area contributed by atoms with Crippen LogP contribution in [0.1, 0.15) is 15.9 Å². The molecule has 0 aliphatic rings. The second-order valence-electron chi connectivity index (χ2n) is 5.34. The molecular formula is C18H19ClFN3O3. The molecule has 26 heavy (non-hydrogen) atoms. The Kier molecular flexibility index (Phi) is 7.37. The number of nitrogens with one attached hydrogen (secondary N) is 3. The number of anilines is 1. The molecule has 2 aromatic carbocycles. The SMILES string of the molecule is COCCNC(=O)c1ccc(NC(=O)NCc2ccccc2F)cc1Cl. The number of ether oxygens (including phenoxy) is 1. The van der Waals surface area contributed by atoms with Crippen LogP contribution in [0.4, 0.5) is 14.9 Å².